The predicted molar refractivity (Wildman–Crippen MR) is 82.0 cm³/mol. The molecular formula is C15H26N2OS. The summed E-state index contributed by atoms with van der Waals surface area (Å²) in [5.41, 5.74) is 7.02. The molecule has 0 spiro atoms. The predicted octanol–water partition coefficient (Wildman–Crippen LogP) is 2.91. The second-order valence-electron chi connectivity index (χ2n) is 5.75. The van der Waals surface area contributed by atoms with Gasteiger partial charge in [-0.05, 0) is 57.6 Å². The first-order chi connectivity index (χ1) is 9.18. The van der Waals surface area contributed by atoms with Gasteiger partial charge in [0.05, 0.1) is 5.75 Å². The standard InChI is InChI=1S/C15H26N2OS/c1-12(16)9-10-19-11-15(18)17(14-7-8-14)13-5-3-2-4-6-13/h5,12,14H,2-4,6-11,16H2,1H3. The molecule has 2 aliphatic rings. The highest BCUT2D eigenvalue weighted by atomic mass is 32.2. The molecule has 4 heteroatoms. The quantitative estimate of drug-likeness (QED) is 0.730. The number of carbonyl (C=O) groups excluding carboxylic acids is 1. The third-order valence-corrected chi connectivity index (χ3v) is 4.68. The van der Waals surface area contributed by atoms with Gasteiger partial charge in [-0.2, -0.15) is 11.8 Å². The van der Waals surface area contributed by atoms with Crippen LogP contribution in [0.25, 0.3) is 0 Å². The third kappa shape index (κ3) is 4.84. The molecule has 0 aromatic heterocycles. The maximum absolute atomic E-state index is 12.4. The molecule has 2 N–H and O–H groups in total. The Bertz CT molecular complexity index is 337. The number of hydrogen-bond donors (Lipinski definition) is 1. The highest BCUT2D eigenvalue weighted by molar-refractivity contribution is 7.99. The lowest BCUT2D eigenvalue weighted by molar-refractivity contribution is -0.127. The minimum atomic E-state index is 0.239. The van der Waals surface area contributed by atoms with Crippen LogP contribution in [0, 0.1) is 0 Å². The third-order valence-electron chi connectivity index (χ3n) is 3.70. The molecule has 0 aromatic carbocycles. The van der Waals surface area contributed by atoms with Gasteiger partial charge in [-0.1, -0.05) is 6.08 Å². The molecule has 1 fully saturated rings. The van der Waals surface area contributed by atoms with Gasteiger partial charge in [-0.3, -0.25) is 4.79 Å². The van der Waals surface area contributed by atoms with E-state index >= 15 is 0 Å². The van der Waals surface area contributed by atoms with Gasteiger partial charge < -0.3 is 10.6 Å². The topological polar surface area (TPSA) is 46.3 Å². The molecule has 0 aromatic rings. The van der Waals surface area contributed by atoms with E-state index in [0.717, 1.165) is 25.0 Å². The van der Waals surface area contributed by atoms with Crippen LogP contribution in [0.5, 0.6) is 0 Å². The Hall–Kier alpha value is -0.480. The molecule has 1 unspecified atom stereocenters. The first-order valence-corrected chi connectivity index (χ1v) is 8.68. The lowest BCUT2D eigenvalue weighted by atomic mass is 10.0. The number of carbonyl (C=O) groups is 1. The van der Waals surface area contributed by atoms with E-state index < -0.39 is 0 Å². The van der Waals surface area contributed by atoms with E-state index in [0.29, 0.717) is 17.7 Å². The molecule has 0 heterocycles. The van der Waals surface area contributed by atoms with Crippen molar-refractivity contribution in [1.82, 2.24) is 4.90 Å². The molecule has 1 saturated carbocycles. The van der Waals surface area contributed by atoms with E-state index in [4.69, 9.17) is 5.73 Å². The molecule has 1 atom stereocenters. The second-order valence-corrected chi connectivity index (χ2v) is 6.86. The van der Waals surface area contributed by atoms with Gasteiger partial charge >= 0.3 is 0 Å². The maximum atomic E-state index is 12.4. The SMILES string of the molecule is CC(N)CCSCC(=O)N(C1=CCCCC1)C1CC1. The summed E-state index contributed by atoms with van der Waals surface area (Å²) in [6.45, 7) is 2.02. The molecular weight excluding hydrogens is 256 g/mol. The Kier molecular flexibility index (Phi) is 5.76. The average molecular weight is 282 g/mol. The Morgan fingerprint density at radius 1 is 1.53 bits per heavy atom. The Morgan fingerprint density at radius 3 is 2.89 bits per heavy atom. The van der Waals surface area contributed by atoms with Crippen molar-refractivity contribution in [2.45, 2.75) is 64.0 Å². The lowest BCUT2D eigenvalue weighted by Gasteiger charge is -2.27. The zero-order valence-electron chi connectivity index (χ0n) is 11.9. The summed E-state index contributed by atoms with van der Waals surface area (Å²) in [6, 6.07) is 0.745. The summed E-state index contributed by atoms with van der Waals surface area (Å²) in [5.74, 6) is 1.91. The summed E-state index contributed by atoms with van der Waals surface area (Å²) < 4.78 is 0. The fraction of sp³-hybridized carbons (Fsp3) is 0.800. The van der Waals surface area contributed by atoms with Crippen molar-refractivity contribution in [3.05, 3.63) is 11.8 Å². The Morgan fingerprint density at radius 2 is 2.32 bits per heavy atom. The van der Waals surface area contributed by atoms with Crippen LogP contribution in [0.3, 0.4) is 0 Å². The molecule has 0 radical (unpaired) electrons. The summed E-state index contributed by atoms with van der Waals surface area (Å²) in [5, 5.41) is 0. The monoisotopic (exact) mass is 282 g/mol. The van der Waals surface area contributed by atoms with Gasteiger partial charge in [0.15, 0.2) is 0 Å². The average Bonchev–Trinajstić information content (AvgIpc) is 3.21. The number of allylic oxidation sites excluding steroid dienone is 2. The van der Waals surface area contributed by atoms with Crippen molar-refractivity contribution >= 4 is 17.7 Å². The van der Waals surface area contributed by atoms with Gasteiger partial charge in [0.25, 0.3) is 0 Å². The van der Waals surface area contributed by atoms with Crippen LogP contribution < -0.4 is 5.73 Å². The van der Waals surface area contributed by atoms with Crippen LogP contribution in [0.15, 0.2) is 11.8 Å². The number of nitrogens with two attached hydrogens (primary N) is 1. The highest BCUT2D eigenvalue weighted by Crippen LogP contribution is 2.34. The number of amides is 1. The molecule has 1 amide bonds. The minimum absolute atomic E-state index is 0.239. The van der Waals surface area contributed by atoms with E-state index in [1.807, 2.05) is 6.92 Å². The Labute approximate surface area is 121 Å². The largest absolute Gasteiger partial charge is 0.328 e. The number of thioether (sulfide) groups is 1. The minimum Gasteiger partial charge on any atom is -0.328 e. The summed E-state index contributed by atoms with van der Waals surface area (Å²) in [6.07, 6.45) is 10.4. The zero-order chi connectivity index (χ0) is 13.7. The normalized spacial score (nSPS) is 20.8. The van der Waals surface area contributed by atoms with E-state index in [1.54, 1.807) is 11.8 Å². The van der Waals surface area contributed by atoms with Crippen LogP contribution in [-0.2, 0) is 4.79 Å². The van der Waals surface area contributed by atoms with Crippen LogP contribution in [0.1, 0.15) is 51.9 Å². The van der Waals surface area contributed by atoms with Crippen LogP contribution >= 0.6 is 11.8 Å². The number of nitrogens with zero attached hydrogens (tertiary/aromatic N) is 1. The molecule has 19 heavy (non-hydrogen) atoms. The van der Waals surface area contributed by atoms with Crippen molar-refractivity contribution in [2.24, 2.45) is 5.73 Å². The highest BCUT2D eigenvalue weighted by Gasteiger charge is 2.34. The molecule has 0 aliphatic heterocycles. The van der Waals surface area contributed by atoms with Crippen molar-refractivity contribution in [3.63, 3.8) is 0 Å². The fourth-order valence-electron chi connectivity index (χ4n) is 2.47. The van der Waals surface area contributed by atoms with E-state index in [-0.39, 0.29) is 6.04 Å². The molecule has 0 bridgehead atoms. The lowest BCUT2D eigenvalue weighted by Crippen LogP contribution is -2.34. The van der Waals surface area contributed by atoms with Crippen molar-refractivity contribution in [1.29, 1.82) is 0 Å². The maximum Gasteiger partial charge on any atom is 0.236 e. The second kappa shape index (κ2) is 7.34. The Balaban J connectivity index is 1.81. The number of rotatable bonds is 7. The van der Waals surface area contributed by atoms with Gasteiger partial charge in [0, 0.05) is 17.8 Å². The molecule has 108 valence electrons. The fourth-order valence-corrected chi connectivity index (χ4v) is 3.47. The zero-order valence-corrected chi connectivity index (χ0v) is 12.8. The number of hydrogen-bond acceptors (Lipinski definition) is 3. The smallest absolute Gasteiger partial charge is 0.236 e. The van der Waals surface area contributed by atoms with Gasteiger partial charge in [-0.15, -0.1) is 0 Å². The molecule has 2 aliphatic carbocycles. The van der Waals surface area contributed by atoms with Gasteiger partial charge in [0.2, 0.25) is 5.91 Å². The van der Waals surface area contributed by atoms with E-state index in [2.05, 4.69) is 11.0 Å². The van der Waals surface area contributed by atoms with Crippen LogP contribution in [0.4, 0.5) is 0 Å². The van der Waals surface area contributed by atoms with Gasteiger partial charge in [-0.25, -0.2) is 0 Å². The van der Waals surface area contributed by atoms with Crippen molar-refractivity contribution in [2.75, 3.05) is 11.5 Å². The van der Waals surface area contributed by atoms with Crippen molar-refractivity contribution < 1.29 is 4.79 Å². The molecule has 3 nitrogen and oxygen atoms in total. The summed E-state index contributed by atoms with van der Waals surface area (Å²) in [4.78, 5) is 14.5. The van der Waals surface area contributed by atoms with Crippen molar-refractivity contribution in [3.8, 4) is 0 Å². The summed E-state index contributed by atoms with van der Waals surface area (Å²) >= 11 is 1.73. The molecule has 0 saturated heterocycles. The summed E-state index contributed by atoms with van der Waals surface area (Å²) in [7, 11) is 0. The van der Waals surface area contributed by atoms with Gasteiger partial charge in [0.1, 0.15) is 0 Å². The first-order valence-electron chi connectivity index (χ1n) is 7.53. The van der Waals surface area contributed by atoms with E-state index in [1.165, 1.54) is 31.4 Å². The molecule has 2 rings (SSSR count). The van der Waals surface area contributed by atoms with Crippen LogP contribution in [0.2, 0.25) is 0 Å². The van der Waals surface area contributed by atoms with E-state index in [9.17, 15) is 4.79 Å². The van der Waals surface area contributed by atoms with Crippen LogP contribution in [-0.4, -0.2) is 34.4 Å². The first kappa shape index (κ1) is 14.9.